The van der Waals surface area contributed by atoms with Crippen LogP contribution >= 0.6 is 11.3 Å². The van der Waals surface area contributed by atoms with E-state index in [1.807, 2.05) is 27.1 Å². The molecule has 7 nitrogen and oxygen atoms in total. The van der Waals surface area contributed by atoms with E-state index in [2.05, 4.69) is 10.3 Å². The van der Waals surface area contributed by atoms with Gasteiger partial charge in [0.25, 0.3) is 5.91 Å². The molecule has 1 fully saturated rings. The summed E-state index contributed by atoms with van der Waals surface area (Å²) in [6, 6.07) is 3.80. The highest BCUT2D eigenvalue weighted by Crippen LogP contribution is 2.34. The Labute approximate surface area is 144 Å². The summed E-state index contributed by atoms with van der Waals surface area (Å²) < 4.78 is 13.3. The minimum atomic E-state index is -0.239. The van der Waals surface area contributed by atoms with E-state index in [-0.39, 0.29) is 11.5 Å². The third-order valence-electron chi connectivity index (χ3n) is 4.85. The molecule has 128 valence electrons. The second kappa shape index (κ2) is 6.27. The fourth-order valence-electron chi connectivity index (χ4n) is 3.42. The van der Waals surface area contributed by atoms with Crippen molar-refractivity contribution < 1.29 is 14.3 Å². The lowest BCUT2D eigenvalue weighted by Gasteiger charge is -2.43. The molecule has 4 rings (SSSR count). The summed E-state index contributed by atoms with van der Waals surface area (Å²) >= 11 is 1.49. The number of amides is 1. The molecule has 0 N–H and O–H groups in total. The van der Waals surface area contributed by atoms with Crippen LogP contribution in [0.3, 0.4) is 0 Å². The van der Waals surface area contributed by atoms with E-state index < -0.39 is 0 Å². The Morgan fingerprint density at radius 1 is 1.46 bits per heavy atom. The Morgan fingerprint density at radius 3 is 3.00 bits per heavy atom. The minimum Gasteiger partial charge on any atom is -0.378 e. The summed E-state index contributed by atoms with van der Waals surface area (Å²) in [5.41, 5.74) is 1.61. The molecule has 2 aromatic heterocycles. The van der Waals surface area contributed by atoms with E-state index in [4.69, 9.17) is 9.47 Å². The molecule has 4 heterocycles. The van der Waals surface area contributed by atoms with Crippen LogP contribution in [0.2, 0.25) is 0 Å². The van der Waals surface area contributed by atoms with Gasteiger partial charge in [-0.25, -0.2) is 4.68 Å². The molecule has 8 heteroatoms. The monoisotopic (exact) mass is 348 g/mol. The van der Waals surface area contributed by atoms with Crippen LogP contribution in [-0.4, -0.2) is 51.6 Å². The molecule has 0 saturated carbocycles. The van der Waals surface area contributed by atoms with Gasteiger partial charge in [-0.15, -0.1) is 16.4 Å². The molecular weight excluding hydrogens is 328 g/mol. The maximum Gasteiger partial charge on any atom is 0.263 e. The van der Waals surface area contributed by atoms with Gasteiger partial charge in [0.05, 0.1) is 35.9 Å². The summed E-state index contributed by atoms with van der Waals surface area (Å²) in [5.74, 6) is 0.125. The van der Waals surface area contributed by atoms with Crippen molar-refractivity contribution in [1.29, 1.82) is 0 Å². The van der Waals surface area contributed by atoms with Gasteiger partial charge < -0.3 is 14.4 Å². The summed E-state index contributed by atoms with van der Waals surface area (Å²) in [5, 5.41) is 10.4. The number of hydrogen-bond donors (Lipinski definition) is 0. The van der Waals surface area contributed by atoms with Crippen molar-refractivity contribution in [2.45, 2.75) is 38.2 Å². The van der Waals surface area contributed by atoms with Crippen molar-refractivity contribution in [2.75, 3.05) is 20.2 Å². The Hall–Kier alpha value is -1.77. The van der Waals surface area contributed by atoms with Crippen LogP contribution in [0, 0.1) is 0 Å². The molecule has 1 saturated heterocycles. The summed E-state index contributed by atoms with van der Waals surface area (Å²) in [7, 11) is 1.65. The highest BCUT2D eigenvalue weighted by atomic mass is 32.1. The zero-order chi connectivity index (χ0) is 16.6. The van der Waals surface area contributed by atoms with Gasteiger partial charge in [0, 0.05) is 20.2 Å². The number of fused-ring (bicyclic) bond motifs is 1. The second-order valence-corrected chi connectivity index (χ2v) is 7.26. The Morgan fingerprint density at radius 2 is 2.29 bits per heavy atom. The molecule has 0 aliphatic carbocycles. The Kier molecular flexibility index (Phi) is 4.11. The average molecular weight is 348 g/mol. The standard InChI is InChI=1S/C16H20N4O3S/c1-22-9-12-13-10-23-16(11-20(13)18-17-12)4-6-19(7-5-16)15(21)14-3-2-8-24-14/h2-3,8H,4-7,9-11H2,1H3. The third-order valence-corrected chi connectivity index (χ3v) is 5.70. The SMILES string of the molecule is COCc1nnn2c1COC1(CCN(C(=O)c3cccs3)CC1)C2. The molecule has 2 aliphatic heterocycles. The first-order valence-corrected chi connectivity index (χ1v) is 8.96. The predicted molar refractivity (Wildman–Crippen MR) is 87.7 cm³/mol. The first-order valence-electron chi connectivity index (χ1n) is 8.08. The van der Waals surface area contributed by atoms with E-state index in [0.717, 1.165) is 29.1 Å². The maximum atomic E-state index is 12.5. The highest BCUT2D eigenvalue weighted by Gasteiger charge is 2.41. The summed E-state index contributed by atoms with van der Waals surface area (Å²) in [4.78, 5) is 15.2. The molecule has 0 aromatic carbocycles. The molecule has 24 heavy (non-hydrogen) atoms. The van der Waals surface area contributed by atoms with Crippen molar-refractivity contribution >= 4 is 17.2 Å². The normalized spacial score (nSPS) is 19.5. The van der Waals surface area contributed by atoms with Crippen LogP contribution in [0.1, 0.15) is 33.9 Å². The largest absolute Gasteiger partial charge is 0.378 e. The molecule has 2 aliphatic rings. The molecule has 1 spiro atoms. The molecule has 2 aromatic rings. The number of hydrogen-bond acceptors (Lipinski definition) is 6. The molecule has 0 atom stereocenters. The van der Waals surface area contributed by atoms with Gasteiger partial charge in [-0.05, 0) is 24.3 Å². The number of ether oxygens (including phenoxy) is 2. The summed E-state index contributed by atoms with van der Waals surface area (Å²) in [6.45, 7) is 3.08. The van der Waals surface area contributed by atoms with Crippen LogP contribution < -0.4 is 0 Å². The predicted octanol–water partition coefficient (Wildman–Crippen LogP) is 1.69. The molecule has 0 radical (unpaired) electrons. The number of carbonyl (C=O) groups is 1. The Bertz CT molecular complexity index is 720. The first-order chi connectivity index (χ1) is 11.7. The van der Waals surface area contributed by atoms with E-state index in [0.29, 0.717) is 32.8 Å². The van der Waals surface area contributed by atoms with Gasteiger partial charge in [-0.1, -0.05) is 11.3 Å². The van der Waals surface area contributed by atoms with E-state index >= 15 is 0 Å². The fraction of sp³-hybridized carbons (Fsp3) is 0.562. The lowest BCUT2D eigenvalue weighted by atomic mass is 9.89. The van der Waals surface area contributed by atoms with Gasteiger partial charge in [0.1, 0.15) is 5.69 Å². The number of methoxy groups -OCH3 is 1. The van der Waals surface area contributed by atoms with Gasteiger partial charge >= 0.3 is 0 Å². The van der Waals surface area contributed by atoms with Crippen molar-refractivity contribution in [2.24, 2.45) is 0 Å². The zero-order valence-electron chi connectivity index (χ0n) is 13.6. The number of rotatable bonds is 3. The molecular formula is C16H20N4O3S. The third kappa shape index (κ3) is 2.74. The number of thiophene rings is 1. The van der Waals surface area contributed by atoms with Crippen molar-refractivity contribution in [3.63, 3.8) is 0 Å². The van der Waals surface area contributed by atoms with E-state index in [1.54, 1.807) is 7.11 Å². The Balaban J connectivity index is 1.43. The van der Waals surface area contributed by atoms with E-state index in [1.165, 1.54) is 11.3 Å². The van der Waals surface area contributed by atoms with Gasteiger partial charge in [-0.2, -0.15) is 0 Å². The minimum absolute atomic E-state index is 0.125. The quantitative estimate of drug-likeness (QED) is 0.844. The number of piperidine rings is 1. The summed E-state index contributed by atoms with van der Waals surface area (Å²) in [6.07, 6.45) is 1.64. The number of nitrogens with zero attached hydrogens (tertiary/aromatic N) is 4. The molecule has 1 amide bonds. The first kappa shape index (κ1) is 15.7. The maximum absolute atomic E-state index is 12.5. The fourth-order valence-corrected chi connectivity index (χ4v) is 4.11. The van der Waals surface area contributed by atoms with E-state index in [9.17, 15) is 4.79 Å². The van der Waals surface area contributed by atoms with Crippen molar-refractivity contribution in [3.05, 3.63) is 33.8 Å². The molecule has 0 bridgehead atoms. The topological polar surface area (TPSA) is 69.5 Å². The van der Waals surface area contributed by atoms with Gasteiger partial charge in [-0.3, -0.25) is 4.79 Å². The number of aromatic nitrogens is 3. The second-order valence-electron chi connectivity index (χ2n) is 6.31. The smallest absolute Gasteiger partial charge is 0.263 e. The van der Waals surface area contributed by atoms with Crippen LogP contribution in [0.4, 0.5) is 0 Å². The van der Waals surface area contributed by atoms with Crippen LogP contribution in [0.5, 0.6) is 0 Å². The zero-order valence-corrected chi connectivity index (χ0v) is 14.4. The highest BCUT2D eigenvalue weighted by molar-refractivity contribution is 7.12. The van der Waals surface area contributed by atoms with Gasteiger partial charge in [0.15, 0.2) is 0 Å². The number of carbonyl (C=O) groups excluding carboxylic acids is 1. The van der Waals surface area contributed by atoms with Crippen LogP contribution in [0.25, 0.3) is 0 Å². The van der Waals surface area contributed by atoms with Crippen LogP contribution in [-0.2, 0) is 29.2 Å². The van der Waals surface area contributed by atoms with Crippen molar-refractivity contribution in [3.8, 4) is 0 Å². The van der Waals surface area contributed by atoms with Gasteiger partial charge in [0.2, 0.25) is 0 Å². The number of likely N-dealkylation sites (tertiary alicyclic amines) is 1. The van der Waals surface area contributed by atoms with Crippen molar-refractivity contribution in [1.82, 2.24) is 19.9 Å². The van der Waals surface area contributed by atoms with Crippen LogP contribution in [0.15, 0.2) is 17.5 Å². The lowest BCUT2D eigenvalue weighted by molar-refractivity contribution is -0.120. The molecule has 0 unspecified atom stereocenters. The lowest BCUT2D eigenvalue weighted by Crippen LogP contribution is -2.52. The average Bonchev–Trinajstić information content (AvgIpc) is 3.25.